The van der Waals surface area contributed by atoms with E-state index in [0.29, 0.717) is 5.69 Å². The highest BCUT2D eigenvalue weighted by Crippen LogP contribution is 2.16. The van der Waals surface area contributed by atoms with Crippen LogP contribution in [0.15, 0.2) is 48.5 Å². The summed E-state index contributed by atoms with van der Waals surface area (Å²) in [6.07, 6.45) is -0.771. The average molecular weight is 249 g/mol. The molecule has 0 unspecified atom stereocenters. The van der Waals surface area contributed by atoms with E-state index in [1.165, 1.54) is 6.07 Å². The fraction of sp³-hybridized carbons (Fsp3) is 0. The van der Waals surface area contributed by atoms with Gasteiger partial charge in [0, 0.05) is 11.8 Å². The first kappa shape index (κ1) is 12.0. The Morgan fingerprint density at radius 2 is 1.72 bits per heavy atom. The molecule has 0 saturated carbocycles. The van der Waals surface area contributed by atoms with Gasteiger partial charge >= 0.3 is 6.09 Å². The summed E-state index contributed by atoms with van der Waals surface area (Å²) in [6, 6.07) is 11.5. The number of ether oxygens (including phenoxy) is 1. The molecule has 3 nitrogen and oxygen atoms in total. The quantitative estimate of drug-likeness (QED) is 0.883. The van der Waals surface area contributed by atoms with E-state index in [1.54, 1.807) is 30.3 Å². The molecule has 1 amide bonds. The van der Waals surface area contributed by atoms with Gasteiger partial charge in [0.25, 0.3) is 0 Å². The number of nitrogens with one attached hydrogen (secondary N) is 1. The zero-order valence-electron chi connectivity index (χ0n) is 9.19. The Bertz CT molecular complexity index is 558. The topological polar surface area (TPSA) is 38.3 Å². The van der Waals surface area contributed by atoms with Crippen LogP contribution in [0.25, 0.3) is 0 Å². The Morgan fingerprint density at radius 1 is 1.00 bits per heavy atom. The van der Waals surface area contributed by atoms with E-state index < -0.39 is 17.7 Å². The molecule has 0 radical (unpaired) electrons. The molecule has 0 heterocycles. The number of carbonyl (C=O) groups is 1. The Morgan fingerprint density at radius 3 is 2.39 bits per heavy atom. The summed E-state index contributed by atoms with van der Waals surface area (Å²) in [7, 11) is 0. The lowest BCUT2D eigenvalue weighted by Gasteiger charge is -2.06. The SMILES string of the molecule is O=C(Nc1ccccc1)Oc1ccc(F)c(F)c1. The van der Waals surface area contributed by atoms with E-state index in [9.17, 15) is 13.6 Å². The van der Waals surface area contributed by atoms with Crippen molar-refractivity contribution in [3.8, 4) is 5.75 Å². The molecular weight excluding hydrogens is 240 g/mol. The summed E-state index contributed by atoms with van der Waals surface area (Å²) in [5.74, 6) is -2.13. The smallest absolute Gasteiger partial charge is 0.410 e. The molecule has 0 atom stereocenters. The van der Waals surface area contributed by atoms with E-state index in [2.05, 4.69) is 5.32 Å². The summed E-state index contributed by atoms with van der Waals surface area (Å²) in [4.78, 5) is 11.4. The highest BCUT2D eigenvalue weighted by atomic mass is 19.2. The van der Waals surface area contributed by atoms with Gasteiger partial charge in [-0.15, -0.1) is 0 Å². The number of carbonyl (C=O) groups excluding carboxylic acids is 1. The van der Waals surface area contributed by atoms with Gasteiger partial charge in [0.05, 0.1) is 0 Å². The van der Waals surface area contributed by atoms with Crippen molar-refractivity contribution in [3.05, 3.63) is 60.2 Å². The number of rotatable bonds is 2. The first-order chi connectivity index (χ1) is 8.65. The third-order valence-corrected chi connectivity index (χ3v) is 2.12. The van der Waals surface area contributed by atoms with Gasteiger partial charge in [0.2, 0.25) is 0 Å². The van der Waals surface area contributed by atoms with Crippen LogP contribution in [0.2, 0.25) is 0 Å². The zero-order valence-corrected chi connectivity index (χ0v) is 9.19. The lowest BCUT2D eigenvalue weighted by Crippen LogP contribution is -2.16. The molecule has 0 bridgehead atoms. The maximum atomic E-state index is 12.9. The number of anilines is 1. The van der Waals surface area contributed by atoms with Gasteiger partial charge in [-0.1, -0.05) is 18.2 Å². The monoisotopic (exact) mass is 249 g/mol. The van der Waals surface area contributed by atoms with E-state index in [0.717, 1.165) is 12.1 Å². The number of amides is 1. The fourth-order valence-electron chi connectivity index (χ4n) is 1.31. The van der Waals surface area contributed by atoms with Crippen molar-refractivity contribution >= 4 is 11.8 Å². The number of hydrogen-bond acceptors (Lipinski definition) is 2. The van der Waals surface area contributed by atoms with Crippen molar-refractivity contribution in [2.24, 2.45) is 0 Å². The summed E-state index contributed by atoms with van der Waals surface area (Å²) in [6.45, 7) is 0. The molecule has 18 heavy (non-hydrogen) atoms. The summed E-state index contributed by atoms with van der Waals surface area (Å²) in [5.41, 5.74) is 0.546. The van der Waals surface area contributed by atoms with Crippen molar-refractivity contribution in [2.45, 2.75) is 0 Å². The van der Waals surface area contributed by atoms with Crippen molar-refractivity contribution in [1.82, 2.24) is 0 Å². The van der Waals surface area contributed by atoms with E-state index in [1.807, 2.05) is 0 Å². The summed E-state index contributed by atoms with van der Waals surface area (Å²) >= 11 is 0. The molecule has 92 valence electrons. The standard InChI is InChI=1S/C13H9F2NO2/c14-11-7-6-10(8-12(11)15)18-13(17)16-9-4-2-1-3-5-9/h1-8H,(H,16,17). The van der Waals surface area contributed by atoms with Crippen molar-refractivity contribution < 1.29 is 18.3 Å². The zero-order chi connectivity index (χ0) is 13.0. The molecule has 5 heteroatoms. The van der Waals surface area contributed by atoms with Gasteiger partial charge in [-0.2, -0.15) is 0 Å². The lowest BCUT2D eigenvalue weighted by molar-refractivity contribution is 0.215. The summed E-state index contributed by atoms with van der Waals surface area (Å²) in [5, 5.41) is 2.45. The van der Waals surface area contributed by atoms with Gasteiger partial charge < -0.3 is 4.74 Å². The Kier molecular flexibility index (Phi) is 3.52. The predicted molar refractivity (Wildman–Crippen MR) is 62.4 cm³/mol. The molecule has 0 saturated heterocycles. The average Bonchev–Trinajstić information content (AvgIpc) is 2.35. The van der Waals surface area contributed by atoms with Crippen molar-refractivity contribution in [1.29, 1.82) is 0 Å². The molecule has 2 aromatic rings. The molecule has 2 rings (SSSR count). The van der Waals surface area contributed by atoms with Crippen LogP contribution in [-0.2, 0) is 0 Å². The van der Waals surface area contributed by atoms with Gasteiger partial charge in [-0.3, -0.25) is 5.32 Å². The number of hydrogen-bond donors (Lipinski definition) is 1. The van der Waals surface area contributed by atoms with Gasteiger partial charge in [-0.25, -0.2) is 13.6 Å². The largest absolute Gasteiger partial charge is 0.417 e. The van der Waals surface area contributed by atoms with Crippen LogP contribution in [0.1, 0.15) is 0 Å². The highest BCUT2D eigenvalue weighted by Gasteiger charge is 2.08. The predicted octanol–water partition coefficient (Wildman–Crippen LogP) is 3.58. The second-order valence-corrected chi connectivity index (χ2v) is 3.46. The first-order valence-electron chi connectivity index (χ1n) is 5.14. The molecular formula is C13H9F2NO2. The molecule has 0 aliphatic heterocycles. The van der Waals surface area contributed by atoms with Crippen LogP contribution in [0.5, 0.6) is 5.75 Å². The Hall–Kier alpha value is -2.43. The third kappa shape index (κ3) is 3.04. The summed E-state index contributed by atoms with van der Waals surface area (Å²) < 4.78 is 30.3. The maximum Gasteiger partial charge on any atom is 0.417 e. The van der Waals surface area contributed by atoms with Gasteiger partial charge in [0.1, 0.15) is 5.75 Å². The molecule has 0 aliphatic carbocycles. The molecule has 2 aromatic carbocycles. The maximum absolute atomic E-state index is 12.9. The van der Waals surface area contributed by atoms with Crippen LogP contribution >= 0.6 is 0 Å². The minimum absolute atomic E-state index is 0.0673. The van der Waals surface area contributed by atoms with Gasteiger partial charge in [0.15, 0.2) is 11.6 Å². The normalized spacial score (nSPS) is 9.89. The fourth-order valence-corrected chi connectivity index (χ4v) is 1.31. The van der Waals surface area contributed by atoms with Gasteiger partial charge in [-0.05, 0) is 24.3 Å². The van der Waals surface area contributed by atoms with E-state index >= 15 is 0 Å². The molecule has 0 aliphatic rings. The second kappa shape index (κ2) is 5.27. The molecule has 1 N–H and O–H groups in total. The van der Waals surface area contributed by atoms with Crippen LogP contribution in [0.4, 0.5) is 19.3 Å². The van der Waals surface area contributed by atoms with E-state index in [-0.39, 0.29) is 5.75 Å². The lowest BCUT2D eigenvalue weighted by atomic mass is 10.3. The number of benzene rings is 2. The van der Waals surface area contributed by atoms with Crippen LogP contribution in [0.3, 0.4) is 0 Å². The number of halogens is 2. The van der Waals surface area contributed by atoms with Crippen molar-refractivity contribution in [3.63, 3.8) is 0 Å². The van der Waals surface area contributed by atoms with E-state index in [4.69, 9.17) is 4.74 Å². The van der Waals surface area contributed by atoms with Crippen LogP contribution < -0.4 is 10.1 Å². The second-order valence-electron chi connectivity index (χ2n) is 3.46. The highest BCUT2D eigenvalue weighted by molar-refractivity contribution is 5.86. The van der Waals surface area contributed by atoms with Crippen LogP contribution in [-0.4, -0.2) is 6.09 Å². The Balaban J connectivity index is 2.01. The Labute approximate surface area is 102 Å². The number of para-hydroxylation sites is 1. The van der Waals surface area contributed by atoms with Crippen molar-refractivity contribution in [2.75, 3.05) is 5.32 Å². The minimum Gasteiger partial charge on any atom is -0.410 e. The molecule has 0 spiro atoms. The minimum atomic E-state index is -1.07. The molecule has 0 aromatic heterocycles. The van der Waals surface area contributed by atoms with Crippen LogP contribution in [0, 0.1) is 11.6 Å². The molecule has 0 fully saturated rings. The first-order valence-corrected chi connectivity index (χ1v) is 5.14. The third-order valence-electron chi connectivity index (χ3n) is 2.12.